The molecule has 20 heavy (non-hydrogen) atoms. The van der Waals surface area contributed by atoms with Crippen LogP contribution in [0, 0.1) is 0 Å². The Kier molecular flexibility index (Phi) is 5.73. The zero-order valence-corrected chi connectivity index (χ0v) is 14.4. The van der Waals surface area contributed by atoms with Crippen molar-refractivity contribution in [1.29, 1.82) is 0 Å². The molecular formula is C9H5Cl2N4NaO3S. The molecule has 0 saturated heterocycles. The molecule has 0 atom stereocenters. The van der Waals surface area contributed by atoms with Gasteiger partial charge in [-0.1, -0.05) is 0 Å². The van der Waals surface area contributed by atoms with E-state index in [0.29, 0.717) is 0 Å². The van der Waals surface area contributed by atoms with Crippen LogP contribution in [0.1, 0.15) is 0 Å². The molecule has 1 aromatic heterocycles. The van der Waals surface area contributed by atoms with Crippen molar-refractivity contribution in [2.24, 2.45) is 0 Å². The van der Waals surface area contributed by atoms with Gasteiger partial charge in [0.2, 0.25) is 10.6 Å². The van der Waals surface area contributed by atoms with Crippen LogP contribution < -0.4 is 35.3 Å². The molecule has 11 heteroatoms. The van der Waals surface area contributed by atoms with Crippen molar-refractivity contribution in [3.63, 3.8) is 0 Å². The summed E-state index contributed by atoms with van der Waals surface area (Å²) in [6, 6.07) is 3.59. The number of aromatic nitrogens is 3. The number of nitrogens with zero attached hydrogens (tertiary/aromatic N) is 3. The zero-order valence-electron chi connectivity index (χ0n) is 10.0. The van der Waals surface area contributed by atoms with Crippen molar-refractivity contribution < 1.29 is 42.5 Å². The fourth-order valence-corrected chi connectivity index (χ4v) is 2.40. The van der Waals surface area contributed by atoms with Crippen molar-refractivity contribution in [2.75, 3.05) is 5.73 Å². The Bertz CT molecular complexity index is 737. The summed E-state index contributed by atoms with van der Waals surface area (Å²) in [6.07, 6.45) is 0. The molecule has 100 valence electrons. The molecule has 2 aromatic rings. The van der Waals surface area contributed by atoms with Crippen molar-refractivity contribution >= 4 is 39.0 Å². The Morgan fingerprint density at radius 3 is 2.15 bits per heavy atom. The van der Waals surface area contributed by atoms with Crippen LogP contribution >= 0.6 is 23.2 Å². The molecule has 1 aromatic carbocycles. The van der Waals surface area contributed by atoms with Crippen LogP contribution in [0.15, 0.2) is 23.1 Å². The van der Waals surface area contributed by atoms with Gasteiger partial charge in [0.1, 0.15) is 10.1 Å². The molecule has 1 heterocycles. The summed E-state index contributed by atoms with van der Waals surface area (Å²) in [5, 5.41) is -0.460. The predicted molar refractivity (Wildman–Crippen MR) is 67.7 cm³/mol. The first-order chi connectivity index (χ1) is 8.77. The number of nitrogen functional groups attached to an aromatic ring is 1. The van der Waals surface area contributed by atoms with Crippen LogP contribution in [0.3, 0.4) is 0 Å². The van der Waals surface area contributed by atoms with E-state index in [9.17, 15) is 13.0 Å². The molecule has 2 N–H and O–H groups in total. The molecule has 0 bridgehead atoms. The maximum absolute atomic E-state index is 11.2. The van der Waals surface area contributed by atoms with Crippen LogP contribution in [0.25, 0.3) is 11.4 Å². The minimum Gasteiger partial charge on any atom is -0.744 e. The van der Waals surface area contributed by atoms with Gasteiger partial charge in [0.25, 0.3) is 0 Å². The first-order valence-corrected chi connectivity index (χ1v) is 6.86. The average Bonchev–Trinajstić information content (AvgIpc) is 2.25. The van der Waals surface area contributed by atoms with E-state index in [0.717, 1.165) is 6.07 Å². The number of benzene rings is 1. The largest absolute Gasteiger partial charge is 1.00 e. The summed E-state index contributed by atoms with van der Waals surface area (Å²) in [5.41, 5.74) is 5.70. The number of halogens is 2. The van der Waals surface area contributed by atoms with E-state index in [1.54, 1.807) is 0 Å². The maximum Gasteiger partial charge on any atom is 1.00 e. The Morgan fingerprint density at radius 1 is 1.10 bits per heavy atom. The first kappa shape index (κ1) is 17.6. The molecule has 0 aliphatic heterocycles. The molecule has 2 rings (SSSR count). The Morgan fingerprint density at radius 2 is 1.65 bits per heavy atom. The summed E-state index contributed by atoms with van der Waals surface area (Å²) in [5.74, 6) is -0.147. The van der Waals surface area contributed by atoms with Gasteiger partial charge < -0.3 is 10.3 Å². The fraction of sp³-hybridized carbons (Fsp3) is 0. The monoisotopic (exact) mass is 342 g/mol. The Balaban J connectivity index is 0.00000200. The smallest absolute Gasteiger partial charge is 0.744 e. The SMILES string of the molecule is Nc1ccc(S(=O)(=O)[O-])c(-c2nc(Cl)nc(Cl)n2)c1.[Na+]. The normalized spacial score (nSPS) is 10.9. The van der Waals surface area contributed by atoms with Gasteiger partial charge in [-0.3, -0.25) is 0 Å². The van der Waals surface area contributed by atoms with Crippen LogP contribution in [0.4, 0.5) is 5.69 Å². The van der Waals surface area contributed by atoms with E-state index in [2.05, 4.69) is 15.0 Å². The third-order valence-electron chi connectivity index (χ3n) is 2.09. The van der Waals surface area contributed by atoms with E-state index >= 15 is 0 Å². The van der Waals surface area contributed by atoms with Gasteiger partial charge in [-0.2, -0.15) is 15.0 Å². The molecule has 0 aliphatic rings. The van der Waals surface area contributed by atoms with Gasteiger partial charge in [-0.15, -0.1) is 0 Å². The van der Waals surface area contributed by atoms with Crippen LogP contribution in [-0.4, -0.2) is 27.9 Å². The van der Waals surface area contributed by atoms with Gasteiger partial charge in [-0.05, 0) is 41.4 Å². The van der Waals surface area contributed by atoms with Crippen molar-refractivity contribution in [3.05, 3.63) is 28.8 Å². The third kappa shape index (κ3) is 4.01. The van der Waals surface area contributed by atoms with E-state index in [1.807, 2.05) is 0 Å². The molecule has 0 amide bonds. The van der Waals surface area contributed by atoms with Gasteiger partial charge in [-0.25, -0.2) is 8.42 Å². The second-order valence-electron chi connectivity index (χ2n) is 3.41. The molecular weight excluding hydrogens is 338 g/mol. The molecule has 0 spiro atoms. The van der Waals surface area contributed by atoms with E-state index < -0.39 is 15.0 Å². The maximum atomic E-state index is 11.2. The summed E-state index contributed by atoms with van der Waals surface area (Å²) < 4.78 is 33.5. The van der Waals surface area contributed by atoms with Crippen LogP contribution in [0.2, 0.25) is 10.6 Å². The fourth-order valence-electron chi connectivity index (χ4n) is 1.39. The molecule has 0 unspecified atom stereocenters. The molecule has 0 saturated carbocycles. The number of hydrogen-bond donors (Lipinski definition) is 1. The summed E-state index contributed by atoms with van der Waals surface area (Å²) in [7, 11) is -4.72. The number of anilines is 1. The standard InChI is InChI=1S/C9H6Cl2N4O3S.Na/c10-8-13-7(14-9(11)15-8)5-3-4(12)1-2-6(5)19(16,17)18;/h1-3H,12H2,(H,16,17,18);/q;+1/p-1. The number of hydrogen-bond acceptors (Lipinski definition) is 7. The quantitative estimate of drug-likeness (QED) is 0.393. The topological polar surface area (TPSA) is 122 Å². The Hall–Kier alpha value is -0.480. The molecule has 0 fully saturated rings. The summed E-state index contributed by atoms with van der Waals surface area (Å²) >= 11 is 11.2. The van der Waals surface area contributed by atoms with Gasteiger partial charge in [0, 0.05) is 11.3 Å². The van der Waals surface area contributed by atoms with E-state index in [-0.39, 0.29) is 57.2 Å². The van der Waals surface area contributed by atoms with Crippen LogP contribution in [0.5, 0.6) is 0 Å². The second-order valence-corrected chi connectivity index (χ2v) is 5.43. The predicted octanol–water partition coefficient (Wildman–Crippen LogP) is -1.66. The third-order valence-corrected chi connectivity index (χ3v) is 3.33. The van der Waals surface area contributed by atoms with Crippen molar-refractivity contribution in [1.82, 2.24) is 15.0 Å². The average molecular weight is 343 g/mol. The molecule has 7 nitrogen and oxygen atoms in total. The number of nitrogens with two attached hydrogens (primary N) is 1. The second kappa shape index (κ2) is 6.52. The van der Waals surface area contributed by atoms with Gasteiger partial charge in [0.15, 0.2) is 5.82 Å². The Labute approximate surface area is 146 Å². The summed E-state index contributed by atoms with van der Waals surface area (Å²) in [4.78, 5) is 10.4. The summed E-state index contributed by atoms with van der Waals surface area (Å²) in [6.45, 7) is 0. The van der Waals surface area contributed by atoms with Gasteiger partial charge in [0.05, 0.1) is 4.90 Å². The van der Waals surface area contributed by atoms with Gasteiger partial charge >= 0.3 is 29.6 Å². The molecule has 0 radical (unpaired) electrons. The van der Waals surface area contributed by atoms with Crippen molar-refractivity contribution in [2.45, 2.75) is 4.90 Å². The minimum atomic E-state index is -4.72. The minimum absolute atomic E-state index is 0. The van der Waals surface area contributed by atoms with Crippen LogP contribution in [-0.2, 0) is 10.1 Å². The van der Waals surface area contributed by atoms with Crippen molar-refractivity contribution in [3.8, 4) is 11.4 Å². The number of rotatable bonds is 2. The first-order valence-electron chi connectivity index (χ1n) is 4.70. The zero-order chi connectivity index (χ0) is 14.2. The van der Waals surface area contributed by atoms with E-state index in [4.69, 9.17) is 28.9 Å². The van der Waals surface area contributed by atoms with E-state index in [1.165, 1.54) is 12.1 Å². The molecule has 0 aliphatic carbocycles.